The Morgan fingerprint density at radius 1 is 1.33 bits per heavy atom. The topological polar surface area (TPSA) is 48.7 Å². The molecule has 0 amide bonds. The molecule has 0 unspecified atom stereocenters. The van der Waals surface area contributed by atoms with E-state index in [-0.39, 0.29) is 19.0 Å². The molecule has 1 heterocycles. The first-order valence-electron chi connectivity index (χ1n) is 7.50. The molecule has 2 aromatic carbocycles. The molecule has 0 aliphatic heterocycles. The predicted octanol–water partition coefficient (Wildman–Crippen LogP) is 4.24. The summed E-state index contributed by atoms with van der Waals surface area (Å²) in [5.41, 5.74) is 1.76. The highest BCUT2D eigenvalue weighted by Crippen LogP contribution is 2.27. The van der Waals surface area contributed by atoms with Crippen LogP contribution in [-0.2, 0) is 11.3 Å². The average Bonchev–Trinajstić information content (AvgIpc) is 2.89. The molecule has 122 valence electrons. The second kappa shape index (κ2) is 6.63. The maximum absolute atomic E-state index is 13.6. The van der Waals surface area contributed by atoms with Crippen LogP contribution in [0.2, 0.25) is 0 Å². The van der Waals surface area contributed by atoms with E-state index in [1.165, 1.54) is 12.1 Å². The summed E-state index contributed by atoms with van der Waals surface area (Å²) in [4.78, 5) is 12.1. The fourth-order valence-corrected chi connectivity index (χ4v) is 2.43. The lowest BCUT2D eigenvalue weighted by atomic mass is 10.1. The summed E-state index contributed by atoms with van der Waals surface area (Å²) in [5, 5.41) is 0.649. The largest absolute Gasteiger partial charge is 0.478 e. The Labute approximate surface area is 138 Å². The molecule has 0 aliphatic rings. The summed E-state index contributed by atoms with van der Waals surface area (Å²) < 4.78 is 29.6. The van der Waals surface area contributed by atoms with Crippen LogP contribution < -0.4 is 4.74 Å². The number of benzene rings is 1. The minimum absolute atomic E-state index is 0.00610. The van der Waals surface area contributed by atoms with Gasteiger partial charge in [0.05, 0.1) is 6.61 Å². The van der Waals surface area contributed by atoms with E-state index < -0.39 is 11.8 Å². The maximum atomic E-state index is 13.6. The molecule has 0 spiro atoms. The number of carbonyl (C=O) groups is 1. The van der Waals surface area contributed by atoms with Crippen LogP contribution in [0.25, 0.3) is 11.0 Å². The monoisotopic (exact) mass is 326 g/mol. The highest BCUT2D eigenvalue weighted by Gasteiger charge is 2.19. The van der Waals surface area contributed by atoms with Crippen molar-refractivity contribution in [2.45, 2.75) is 20.5 Å². The van der Waals surface area contributed by atoms with Crippen molar-refractivity contribution in [1.29, 1.82) is 0 Å². The van der Waals surface area contributed by atoms with Gasteiger partial charge in [-0.1, -0.05) is 12.1 Å². The molecule has 0 saturated heterocycles. The zero-order valence-corrected chi connectivity index (χ0v) is 13.3. The van der Waals surface area contributed by atoms with Crippen molar-refractivity contribution >= 4 is 16.9 Å². The lowest BCUT2D eigenvalue weighted by Crippen LogP contribution is -2.05. The van der Waals surface area contributed by atoms with E-state index in [4.69, 9.17) is 13.9 Å². The Kier molecular flexibility index (Phi) is 4.39. The van der Waals surface area contributed by atoms with Crippen LogP contribution in [0.15, 0.2) is 34.7 Å². The second-order valence-corrected chi connectivity index (χ2v) is 5.15. The number of hydrogen-bond acceptors (Lipinski definition) is 4. The van der Waals surface area contributed by atoms with E-state index in [1.807, 2.05) is 0 Å². The highest BCUT2D eigenvalue weighted by molar-refractivity contribution is 6.04. The first-order chi connectivity index (χ1) is 11.6. The van der Waals surface area contributed by atoms with Gasteiger partial charge >= 0.3 is 5.97 Å². The van der Waals surface area contributed by atoms with Gasteiger partial charge in [0.25, 0.3) is 0 Å². The van der Waals surface area contributed by atoms with Crippen LogP contribution in [0, 0.1) is 24.9 Å². The Balaban J connectivity index is 1.89. The van der Waals surface area contributed by atoms with Gasteiger partial charge in [0.1, 0.15) is 23.5 Å². The minimum Gasteiger partial charge on any atom is -0.478 e. The zero-order chi connectivity index (χ0) is 17.1. The number of hydrogen-bond donors (Lipinski definition) is 0. The summed E-state index contributed by atoms with van der Waals surface area (Å²) in [6.45, 7) is 3.88. The number of aryl methyl sites for hydroxylation is 1. The molecule has 0 atom stereocenters. The molecule has 24 heavy (non-hydrogen) atoms. The highest BCUT2D eigenvalue weighted by atomic mass is 19.1. The van der Waals surface area contributed by atoms with Crippen molar-refractivity contribution in [1.82, 2.24) is 0 Å². The number of ether oxygens (including phenoxy) is 2. The van der Waals surface area contributed by atoms with Gasteiger partial charge in [0.2, 0.25) is 5.75 Å². The molecule has 0 radical (unpaired) electrons. The third kappa shape index (κ3) is 3.04. The van der Waals surface area contributed by atoms with E-state index in [1.54, 1.807) is 32.0 Å². The van der Waals surface area contributed by atoms with E-state index in [0.29, 0.717) is 22.3 Å². The smallest absolute Gasteiger partial charge is 0.342 e. The average molecular weight is 326 g/mol. The summed E-state index contributed by atoms with van der Waals surface area (Å²) in [7, 11) is 0. The van der Waals surface area contributed by atoms with Crippen molar-refractivity contribution in [2.24, 2.45) is 0 Å². The third-order valence-corrected chi connectivity index (χ3v) is 3.51. The molecular weight excluding hydrogens is 311 g/mol. The van der Waals surface area contributed by atoms with Crippen molar-refractivity contribution in [3.05, 3.63) is 65.2 Å². The van der Waals surface area contributed by atoms with Gasteiger partial charge in [-0.2, -0.15) is 0 Å². The maximum Gasteiger partial charge on any atom is 0.342 e. The molecule has 1 aromatic heterocycles. The molecule has 0 N–H and O–H groups in total. The molecule has 3 rings (SSSR count). The molecule has 5 heteroatoms. The van der Waals surface area contributed by atoms with Crippen LogP contribution in [0.1, 0.15) is 28.6 Å². The lowest BCUT2D eigenvalue weighted by molar-refractivity contribution is 0.0526. The van der Waals surface area contributed by atoms with Crippen LogP contribution in [0.5, 0.6) is 5.75 Å². The quantitative estimate of drug-likeness (QED) is 0.658. The Morgan fingerprint density at radius 2 is 2.17 bits per heavy atom. The van der Waals surface area contributed by atoms with Crippen LogP contribution in [0.3, 0.4) is 0 Å². The SMILES string of the molecule is CCOC(=O)c1c(C)oc2ccc(COc3c#cccc3F)cc12. The first kappa shape index (κ1) is 15.9. The van der Waals surface area contributed by atoms with Crippen LogP contribution in [0.4, 0.5) is 4.39 Å². The number of carbonyl (C=O) groups excluding carboxylic acids is 1. The summed E-state index contributed by atoms with van der Waals surface area (Å²) >= 11 is 0. The normalized spacial score (nSPS) is 10.5. The van der Waals surface area contributed by atoms with Crippen molar-refractivity contribution in [3.8, 4) is 5.75 Å². The summed E-state index contributed by atoms with van der Waals surface area (Å²) in [5.74, 6) is -0.421. The van der Waals surface area contributed by atoms with Crippen LogP contribution >= 0.6 is 0 Å². The Hall–Kier alpha value is -3.00. The molecule has 0 bridgehead atoms. The number of fused-ring (bicyclic) bond motifs is 1. The Morgan fingerprint density at radius 3 is 2.92 bits per heavy atom. The van der Waals surface area contributed by atoms with Gasteiger partial charge in [-0.3, -0.25) is 0 Å². The fraction of sp³-hybridized carbons (Fsp3) is 0.211. The van der Waals surface area contributed by atoms with Gasteiger partial charge in [-0.15, -0.1) is 0 Å². The van der Waals surface area contributed by atoms with Crippen molar-refractivity contribution in [2.75, 3.05) is 6.61 Å². The number of esters is 1. The van der Waals surface area contributed by atoms with E-state index in [0.717, 1.165) is 5.56 Å². The number of furan rings is 1. The molecular formula is C19H15FO4. The molecule has 0 fully saturated rings. The van der Waals surface area contributed by atoms with Gasteiger partial charge in [0, 0.05) is 5.39 Å². The van der Waals surface area contributed by atoms with E-state index in [2.05, 4.69) is 12.1 Å². The minimum atomic E-state index is -0.499. The summed E-state index contributed by atoms with van der Waals surface area (Å²) in [6, 6.07) is 13.2. The van der Waals surface area contributed by atoms with Gasteiger partial charge in [-0.05, 0) is 49.7 Å². The van der Waals surface area contributed by atoms with E-state index >= 15 is 0 Å². The van der Waals surface area contributed by atoms with Crippen molar-refractivity contribution < 1.29 is 23.1 Å². The number of halogens is 1. The van der Waals surface area contributed by atoms with Crippen molar-refractivity contribution in [3.63, 3.8) is 0 Å². The standard InChI is InChI=1S/C19H15FO4/c1-3-22-19(21)18-12(2)24-16-9-8-13(10-14(16)18)11-23-17-7-5-4-6-15(17)20/h4,6,8-10H,3,11H2,1-2H3. The second-order valence-electron chi connectivity index (χ2n) is 5.15. The molecule has 4 nitrogen and oxygen atoms in total. The van der Waals surface area contributed by atoms with Gasteiger partial charge in [-0.25, -0.2) is 9.18 Å². The lowest BCUT2D eigenvalue weighted by Gasteiger charge is -2.05. The first-order valence-corrected chi connectivity index (χ1v) is 7.50. The molecule has 0 aliphatic carbocycles. The number of rotatable bonds is 5. The van der Waals surface area contributed by atoms with E-state index in [9.17, 15) is 9.18 Å². The van der Waals surface area contributed by atoms with Gasteiger partial charge in [0.15, 0.2) is 5.82 Å². The third-order valence-electron chi connectivity index (χ3n) is 3.51. The molecule has 0 saturated carbocycles. The Bertz CT molecular complexity index is 882. The summed E-state index contributed by atoms with van der Waals surface area (Å²) in [6.07, 6.45) is 0. The predicted molar refractivity (Wildman–Crippen MR) is 85.3 cm³/mol. The van der Waals surface area contributed by atoms with Gasteiger partial charge < -0.3 is 13.9 Å². The fourth-order valence-electron chi connectivity index (χ4n) is 2.43. The van der Waals surface area contributed by atoms with Crippen LogP contribution in [-0.4, -0.2) is 12.6 Å². The molecule has 3 aromatic rings. The zero-order valence-electron chi connectivity index (χ0n) is 13.3.